The lowest BCUT2D eigenvalue weighted by Gasteiger charge is -2.22. The molecule has 0 spiro atoms. The first-order chi connectivity index (χ1) is 7.74. The Labute approximate surface area is 100 Å². The van der Waals surface area contributed by atoms with E-state index in [2.05, 4.69) is 5.32 Å². The first-order valence-electron chi connectivity index (χ1n) is 5.22. The number of hydrogen-bond donors (Lipinski definition) is 3. The predicted molar refractivity (Wildman–Crippen MR) is 66.3 cm³/mol. The summed E-state index contributed by atoms with van der Waals surface area (Å²) in [5.74, 6) is -0.966. The molecule has 0 radical (unpaired) electrons. The first-order valence-corrected chi connectivity index (χ1v) is 5.22. The Hall–Kier alpha value is -2.04. The van der Waals surface area contributed by atoms with E-state index in [0.717, 1.165) is 5.56 Å². The van der Waals surface area contributed by atoms with Crippen molar-refractivity contribution < 1.29 is 9.59 Å². The summed E-state index contributed by atoms with van der Waals surface area (Å²) in [7, 11) is 0. The van der Waals surface area contributed by atoms with Gasteiger partial charge in [-0.25, -0.2) is 0 Å². The minimum absolute atomic E-state index is 0.375. The SMILES string of the molecule is Cc1ccc(C(=O)NC(C)(C)C(N)=O)cc1N. The van der Waals surface area contributed by atoms with Crippen molar-refractivity contribution >= 4 is 17.5 Å². The van der Waals surface area contributed by atoms with Gasteiger partial charge >= 0.3 is 0 Å². The number of amides is 2. The highest BCUT2D eigenvalue weighted by Crippen LogP contribution is 2.13. The number of nitrogen functional groups attached to an aromatic ring is 1. The van der Waals surface area contributed by atoms with Crippen molar-refractivity contribution in [2.75, 3.05) is 5.73 Å². The number of nitrogens with one attached hydrogen (secondary N) is 1. The molecule has 0 atom stereocenters. The average molecular weight is 235 g/mol. The quantitative estimate of drug-likeness (QED) is 0.668. The van der Waals surface area contributed by atoms with Gasteiger partial charge in [-0.05, 0) is 38.5 Å². The summed E-state index contributed by atoms with van der Waals surface area (Å²) in [4.78, 5) is 22.9. The van der Waals surface area contributed by atoms with Crippen LogP contribution in [0.1, 0.15) is 29.8 Å². The van der Waals surface area contributed by atoms with Crippen molar-refractivity contribution in [3.63, 3.8) is 0 Å². The summed E-state index contributed by atoms with van der Waals surface area (Å²) in [6.45, 7) is 4.94. The van der Waals surface area contributed by atoms with Crippen molar-refractivity contribution in [2.24, 2.45) is 5.73 Å². The molecule has 0 unspecified atom stereocenters. The lowest BCUT2D eigenvalue weighted by atomic mass is 10.0. The number of primary amides is 1. The summed E-state index contributed by atoms with van der Waals surface area (Å²) in [5, 5.41) is 2.55. The maximum atomic E-state index is 11.9. The van der Waals surface area contributed by atoms with Gasteiger partial charge in [0, 0.05) is 11.3 Å². The Morgan fingerprint density at radius 1 is 1.29 bits per heavy atom. The maximum Gasteiger partial charge on any atom is 0.252 e. The van der Waals surface area contributed by atoms with E-state index in [1.165, 1.54) is 0 Å². The Morgan fingerprint density at radius 2 is 1.88 bits per heavy atom. The van der Waals surface area contributed by atoms with Crippen LogP contribution in [0.15, 0.2) is 18.2 Å². The molecule has 1 aromatic rings. The summed E-state index contributed by atoms with van der Waals surface area (Å²) < 4.78 is 0. The van der Waals surface area contributed by atoms with Crippen LogP contribution in [0.3, 0.4) is 0 Å². The molecule has 0 aliphatic heterocycles. The van der Waals surface area contributed by atoms with Crippen LogP contribution < -0.4 is 16.8 Å². The van der Waals surface area contributed by atoms with Crippen LogP contribution in [-0.2, 0) is 4.79 Å². The molecule has 5 N–H and O–H groups in total. The molecule has 92 valence electrons. The second-order valence-corrected chi connectivity index (χ2v) is 4.51. The van der Waals surface area contributed by atoms with E-state index >= 15 is 0 Å². The molecule has 1 aromatic carbocycles. The maximum absolute atomic E-state index is 11.9. The summed E-state index contributed by atoms with van der Waals surface area (Å²) in [6.07, 6.45) is 0. The van der Waals surface area contributed by atoms with E-state index in [-0.39, 0.29) is 5.91 Å². The lowest BCUT2D eigenvalue weighted by Crippen LogP contribution is -2.53. The van der Waals surface area contributed by atoms with Gasteiger partial charge in [0.05, 0.1) is 0 Å². The highest BCUT2D eigenvalue weighted by Gasteiger charge is 2.27. The van der Waals surface area contributed by atoms with Crippen molar-refractivity contribution in [3.05, 3.63) is 29.3 Å². The van der Waals surface area contributed by atoms with E-state index in [1.54, 1.807) is 32.0 Å². The Bertz CT molecular complexity index is 467. The van der Waals surface area contributed by atoms with Gasteiger partial charge in [0.25, 0.3) is 5.91 Å². The molecule has 0 aliphatic rings. The smallest absolute Gasteiger partial charge is 0.252 e. The number of carbonyl (C=O) groups is 2. The number of carbonyl (C=O) groups excluding carboxylic acids is 2. The zero-order valence-corrected chi connectivity index (χ0v) is 10.2. The second-order valence-electron chi connectivity index (χ2n) is 4.51. The zero-order valence-electron chi connectivity index (χ0n) is 10.2. The van der Waals surface area contributed by atoms with Crippen molar-refractivity contribution in [2.45, 2.75) is 26.3 Å². The molecule has 17 heavy (non-hydrogen) atoms. The van der Waals surface area contributed by atoms with Crippen molar-refractivity contribution in [1.82, 2.24) is 5.32 Å². The molecule has 0 fully saturated rings. The van der Waals surface area contributed by atoms with Gasteiger partial charge < -0.3 is 16.8 Å². The van der Waals surface area contributed by atoms with E-state index < -0.39 is 11.4 Å². The van der Waals surface area contributed by atoms with Crippen LogP contribution in [0.5, 0.6) is 0 Å². The van der Waals surface area contributed by atoms with Gasteiger partial charge in [-0.2, -0.15) is 0 Å². The number of aryl methyl sites for hydroxylation is 1. The summed E-state index contributed by atoms with van der Waals surface area (Å²) >= 11 is 0. The number of hydrogen-bond acceptors (Lipinski definition) is 3. The third-order valence-electron chi connectivity index (χ3n) is 2.58. The monoisotopic (exact) mass is 235 g/mol. The predicted octanol–water partition coefficient (Wildman–Crippen LogP) is 0.571. The van der Waals surface area contributed by atoms with Crippen LogP contribution in [0.4, 0.5) is 5.69 Å². The Kier molecular flexibility index (Phi) is 3.41. The molecule has 5 heteroatoms. The molecule has 0 saturated heterocycles. The molecule has 1 rings (SSSR count). The minimum atomic E-state index is -1.09. The fraction of sp³-hybridized carbons (Fsp3) is 0.333. The van der Waals surface area contributed by atoms with Crippen molar-refractivity contribution in [1.29, 1.82) is 0 Å². The van der Waals surface area contributed by atoms with Crippen LogP contribution >= 0.6 is 0 Å². The van der Waals surface area contributed by atoms with Gasteiger partial charge in [0.1, 0.15) is 5.54 Å². The van der Waals surface area contributed by atoms with Gasteiger partial charge in [-0.3, -0.25) is 9.59 Å². The minimum Gasteiger partial charge on any atom is -0.398 e. The molecule has 0 aliphatic carbocycles. The molecular weight excluding hydrogens is 218 g/mol. The number of benzene rings is 1. The standard InChI is InChI=1S/C12H17N3O2/c1-7-4-5-8(6-9(7)13)10(16)15-12(2,3)11(14)17/h4-6H,13H2,1-3H3,(H2,14,17)(H,15,16). The van der Waals surface area contributed by atoms with Gasteiger partial charge in [-0.15, -0.1) is 0 Å². The number of anilines is 1. The highest BCUT2D eigenvalue weighted by atomic mass is 16.2. The molecule has 0 bridgehead atoms. The topological polar surface area (TPSA) is 98.2 Å². The summed E-state index contributed by atoms with van der Waals surface area (Å²) in [6, 6.07) is 4.97. The lowest BCUT2D eigenvalue weighted by molar-refractivity contribution is -0.122. The second kappa shape index (κ2) is 4.45. The van der Waals surface area contributed by atoms with E-state index in [9.17, 15) is 9.59 Å². The molecule has 0 saturated carbocycles. The Morgan fingerprint density at radius 3 is 2.35 bits per heavy atom. The number of nitrogens with two attached hydrogens (primary N) is 2. The fourth-order valence-corrected chi connectivity index (χ4v) is 1.20. The van der Waals surface area contributed by atoms with Gasteiger partial charge in [-0.1, -0.05) is 6.07 Å². The summed E-state index contributed by atoms with van der Waals surface area (Å²) in [5.41, 5.74) is 11.6. The third-order valence-corrected chi connectivity index (χ3v) is 2.58. The van der Waals surface area contributed by atoms with E-state index in [4.69, 9.17) is 11.5 Å². The van der Waals surface area contributed by atoms with Gasteiger partial charge in [0.15, 0.2) is 0 Å². The van der Waals surface area contributed by atoms with E-state index in [1.807, 2.05) is 6.92 Å². The van der Waals surface area contributed by atoms with Crippen molar-refractivity contribution in [3.8, 4) is 0 Å². The fourth-order valence-electron chi connectivity index (χ4n) is 1.20. The normalized spacial score (nSPS) is 11.0. The van der Waals surface area contributed by atoms with E-state index in [0.29, 0.717) is 11.3 Å². The Balaban J connectivity index is 2.91. The van der Waals surface area contributed by atoms with Crippen LogP contribution in [-0.4, -0.2) is 17.4 Å². The zero-order chi connectivity index (χ0) is 13.2. The third kappa shape index (κ3) is 2.96. The van der Waals surface area contributed by atoms with Gasteiger partial charge in [0.2, 0.25) is 5.91 Å². The first kappa shape index (κ1) is 13.0. The largest absolute Gasteiger partial charge is 0.398 e. The van der Waals surface area contributed by atoms with Crippen LogP contribution in [0.25, 0.3) is 0 Å². The molecule has 5 nitrogen and oxygen atoms in total. The molecule has 0 heterocycles. The molecule has 2 amide bonds. The molecular formula is C12H17N3O2. The van der Waals surface area contributed by atoms with Crippen LogP contribution in [0, 0.1) is 6.92 Å². The van der Waals surface area contributed by atoms with Crippen LogP contribution in [0.2, 0.25) is 0 Å². The highest BCUT2D eigenvalue weighted by molar-refractivity contribution is 5.99. The number of rotatable bonds is 3. The molecule has 0 aromatic heterocycles. The average Bonchev–Trinajstić information content (AvgIpc) is 2.21.